The molecule has 0 radical (unpaired) electrons. The molecular weight excluding hydrogens is 721 g/mol. The molecule has 0 saturated carbocycles. The second-order valence-electron chi connectivity index (χ2n) is 17.1. The number of hydroxylamine groups is 3. The van der Waals surface area contributed by atoms with Crippen LogP contribution in [0.5, 0.6) is 0 Å². The van der Waals surface area contributed by atoms with E-state index in [1.165, 1.54) is 7.11 Å². The monoisotopic (exact) mass is 799 g/mol. The van der Waals surface area contributed by atoms with Crippen LogP contribution in [0.1, 0.15) is 108 Å². The number of carbonyl (C=O) groups is 2. The Labute approximate surface area is 331 Å². The lowest BCUT2D eigenvalue weighted by Crippen LogP contribution is -2.44. The third-order valence-corrected chi connectivity index (χ3v) is 19.4. The molecule has 0 unspecified atom stereocenters. The van der Waals surface area contributed by atoms with Crippen LogP contribution in [0.25, 0.3) is 0 Å². The van der Waals surface area contributed by atoms with Gasteiger partial charge in [0.1, 0.15) is 18.2 Å². The van der Waals surface area contributed by atoms with Crippen LogP contribution in [-0.4, -0.2) is 107 Å². The van der Waals surface area contributed by atoms with Crippen molar-refractivity contribution in [3.05, 3.63) is 41.7 Å². The number of unbranched alkanes of at least 4 members (excludes halogenated alkanes) is 2. The van der Waals surface area contributed by atoms with Gasteiger partial charge in [-0.2, -0.15) is 5.06 Å². The molecule has 13 heteroatoms. The molecule has 1 N–H and O–H groups in total. The number of aliphatic hydroxyl groups excluding tert-OH is 1. The molecule has 2 aliphatic heterocycles. The number of ether oxygens (including phenoxy) is 2. The highest BCUT2D eigenvalue weighted by Crippen LogP contribution is 2.41. The Balaban J connectivity index is 0.000000856. The first kappa shape index (κ1) is 51.9. The highest BCUT2D eigenvalue weighted by atomic mass is 28.4. The summed E-state index contributed by atoms with van der Waals surface area (Å²) in [7, 11) is -2.21. The van der Waals surface area contributed by atoms with E-state index >= 15 is 0 Å². The topological polar surface area (TPSA) is 130 Å². The van der Waals surface area contributed by atoms with Crippen molar-refractivity contribution in [1.82, 2.24) is 5.06 Å². The maximum atomic E-state index is 12.3. The van der Waals surface area contributed by atoms with Crippen molar-refractivity contribution in [3.63, 3.8) is 0 Å². The third-order valence-electron chi connectivity index (χ3n) is 10.4. The zero-order valence-corrected chi connectivity index (χ0v) is 38.6. The Morgan fingerprint density at radius 2 is 1.48 bits per heavy atom. The molecule has 2 saturated heterocycles. The number of allylic oxidation sites excluding steroid dienone is 4. The molecule has 2 heterocycles. The molecule has 314 valence electrons. The summed E-state index contributed by atoms with van der Waals surface area (Å²) < 4.78 is 22.7. The number of carbonyl (C=O) groups excluding carboxylic acids is 2. The Morgan fingerprint density at radius 3 is 1.98 bits per heavy atom. The second kappa shape index (κ2) is 25.2. The van der Waals surface area contributed by atoms with Gasteiger partial charge in [-0.05, 0) is 82.2 Å². The number of hydrogen-bond acceptors (Lipinski definition) is 10. The number of rotatable bonds is 18. The first-order valence-electron chi connectivity index (χ1n) is 19.9. The first-order valence-corrected chi connectivity index (χ1v) is 25.7. The number of fused-ring (bicyclic) bond motifs is 1. The standard InChI is InChI=1S/C20H37NO4Si.C11H24O2Si.C10H17NO3/c1-8-9-10-11-12-13-21-18-17(15(2)24-19(18)22)16(25-21)14-23-26(6,7)20(3,4)5;1-10(12)8-7-9-13-14(5,6)11(2,3)4;1-3-4-5-6-7-8-11(13)9-10(12)14-2/h9-10,15-18H,8,11-14H2,1-7H3;7-8,10,12H,9H2,1-6H3;4-5,9H,3,6-8H2,1-2H3/b10-9-;8-7-;5-4-,11-9-/t15-,16-,17+,18-;10-;/m00./s1. The van der Waals surface area contributed by atoms with Crippen molar-refractivity contribution in [3.8, 4) is 0 Å². The van der Waals surface area contributed by atoms with E-state index in [0.29, 0.717) is 24.5 Å². The summed E-state index contributed by atoms with van der Waals surface area (Å²) in [5, 5.41) is 22.3. The van der Waals surface area contributed by atoms with Crippen molar-refractivity contribution in [2.45, 2.75) is 168 Å². The van der Waals surface area contributed by atoms with Gasteiger partial charge in [-0.15, -0.1) is 0 Å². The van der Waals surface area contributed by atoms with Crippen molar-refractivity contribution < 1.29 is 42.6 Å². The first-order chi connectivity index (χ1) is 24.9. The fraction of sp³-hybridized carbons (Fsp3) is 0.780. The predicted octanol–water partition coefficient (Wildman–Crippen LogP) is 8.73. The fourth-order valence-electron chi connectivity index (χ4n) is 4.97. The van der Waals surface area contributed by atoms with Crippen LogP contribution < -0.4 is 0 Å². The number of nitrogens with zero attached hydrogens (tertiary/aromatic N) is 2. The van der Waals surface area contributed by atoms with Crippen LogP contribution in [0.2, 0.25) is 36.3 Å². The molecule has 0 aromatic heterocycles. The van der Waals surface area contributed by atoms with Gasteiger partial charge in [0.05, 0.1) is 32.3 Å². The van der Waals surface area contributed by atoms with Crippen molar-refractivity contribution in [2.75, 3.05) is 33.4 Å². The molecule has 5 atom stereocenters. The minimum Gasteiger partial charge on any atom is -0.624 e. The Bertz CT molecular complexity index is 1200. The average Bonchev–Trinajstić information content (AvgIpc) is 3.58. The molecule has 2 rings (SSSR count). The lowest BCUT2D eigenvalue weighted by molar-refractivity contribution is -0.452. The van der Waals surface area contributed by atoms with Gasteiger partial charge in [-0.3, -0.25) is 9.63 Å². The molecule has 0 aromatic carbocycles. The number of hydrogen-bond donors (Lipinski definition) is 1. The van der Waals surface area contributed by atoms with E-state index in [1.54, 1.807) is 13.0 Å². The third kappa shape index (κ3) is 19.6. The van der Waals surface area contributed by atoms with Gasteiger partial charge >= 0.3 is 11.9 Å². The molecule has 54 heavy (non-hydrogen) atoms. The van der Waals surface area contributed by atoms with Crippen LogP contribution in [0.4, 0.5) is 0 Å². The normalized spacial score (nSPS) is 21.9. The summed E-state index contributed by atoms with van der Waals surface area (Å²) >= 11 is 0. The van der Waals surface area contributed by atoms with Gasteiger partial charge in [0.2, 0.25) is 0 Å². The van der Waals surface area contributed by atoms with E-state index < -0.39 is 22.6 Å². The largest absolute Gasteiger partial charge is 0.624 e. The summed E-state index contributed by atoms with van der Waals surface area (Å²) in [5.41, 5.74) is 0. The van der Waals surface area contributed by atoms with Gasteiger partial charge in [-0.25, -0.2) is 9.53 Å². The van der Waals surface area contributed by atoms with Gasteiger partial charge in [0, 0.05) is 13.0 Å². The quantitative estimate of drug-likeness (QED) is 0.0210. The van der Waals surface area contributed by atoms with Crippen LogP contribution >= 0.6 is 0 Å². The van der Waals surface area contributed by atoms with Gasteiger partial charge in [0.25, 0.3) is 6.21 Å². The second-order valence-corrected chi connectivity index (χ2v) is 26.7. The summed E-state index contributed by atoms with van der Waals surface area (Å²) in [6.07, 6.45) is 18.1. The predicted molar refractivity (Wildman–Crippen MR) is 225 cm³/mol. The summed E-state index contributed by atoms with van der Waals surface area (Å²) in [4.78, 5) is 29.1. The Morgan fingerprint density at radius 1 is 0.944 bits per heavy atom. The van der Waals surface area contributed by atoms with Crippen molar-refractivity contribution in [2.24, 2.45) is 5.92 Å². The lowest BCUT2D eigenvalue weighted by atomic mass is 9.93. The van der Waals surface area contributed by atoms with E-state index in [-0.39, 0.29) is 46.3 Å². The van der Waals surface area contributed by atoms with Gasteiger partial charge < -0.3 is 28.6 Å². The van der Waals surface area contributed by atoms with Crippen molar-refractivity contribution in [1.29, 1.82) is 0 Å². The average molecular weight is 799 g/mol. The van der Waals surface area contributed by atoms with E-state index in [9.17, 15) is 14.8 Å². The number of methoxy groups -OCH3 is 1. The van der Waals surface area contributed by atoms with Crippen LogP contribution in [0, 0.1) is 11.1 Å². The summed E-state index contributed by atoms with van der Waals surface area (Å²) in [6.45, 7) is 32.4. The maximum Gasteiger partial charge on any atom is 0.396 e. The molecule has 0 aromatic rings. The molecule has 0 bridgehead atoms. The highest BCUT2D eigenvalue weighted by Gasteiger charge is 2.56. The molecule has 2 aliphatic rings. The summed E-state index contributed by atoms with van der Waals surface area (Å²) in [5.74, 6) is -0.705. The fourth-order valence-corrected chi connectivity index (χ4v) is 6.93. The summed E-state index contributed by atoms with van der Waals surface area (Å²) in [6, 6.07) is -0.284. The SMILES string of the molecule is CC/C=C\CCC/[N+]([O-])=C/C(=O)OC.CC/C=C\CCCN1O[C@@H](CO[Si](C)(C)C(C)(C)C)[C@H]2[C@H](C)OC(=O)[C@H]21.C[C@H](O)/C=C\CO[Si](C)(C)C(C)(C)C. The number of cyclic esters (lactones) is 1. The Hall–Kier alpha value is -2.14. The number of aliphatic hydroxyl groups is 1. The zero-order valence-electron chi connectivity index (χ0n) is 36.6. The molecular formula is C41H78N2O9Si2. The smallest absolute Gasteiger partial charge is 0.396 e. The zero-order chi connectivity index (χ0) is 41.8. The maximum absolute atomic E-state index is 12.3. The molecule has 0 spiro atoms. The van der Waals surface area contributed by atoms with Gasteiger partial charge in [-0.1, -0.05) is 91.8 Å². The Kier molecular flexibility index (Phi) is 24.2. The number of esters is 2. The molecule has 2 fully saturated rings. The van der Waals surface area contributed by atoms with E-state index in [2.05, 4.69) is 105 Å². The van der Waals surface area contributed by atoms with Crippen LogP contribution in [0.15, 0.2) is 36.5 Å². The van der Waals surface area contributed by atoms with E-state index in [1.807, 2.05) is 24.1 Å². The van der Waals surface area contributed by atoms with Crippen molar-refractivity contribution >= 4 is 34.8 Å². The van der Waals surface area contributed by atoms with E-state index in [4.69, 9.17) is 23.5 Å². The van der Waals surface area contributed by atoms with E-state index in [0.717, 1.165) is 51.3 Å². The van der Waals surface area contributed by atoms with Crippen LogP contribution in [-0.2, 0) is 32.8 Å². The van der Waals surface area contributed by atoms with Gasteiger partial charge in [0.15, 0.2) is 23.2 Å². The molecule has 11 nitrogen and oxygen atoms in total. The minimum absolute atomic E-state index is 0.0541. The minimum atomic E-state index is -1.85. The highest BCUT2D eigenvalue weighted by molar-refractivity contribution is 6.74. The van der Waals surface area contributed by atoms with Crippen LogP contribution in [0.3, 0.4) is 0 Å². The lowest BCUT2D eigenvalue weighted by Gasteiger charge is -2.37. The molecule has 0 amide bonds. The molecule has 0 aliphatic carbocycles.